The molecule has 7 heteroatoms. The molecule has 7 nitrogen and oxygen atoms in total. The third-order valence-corrected chi connectivity index (χ3v) is 4.14. The van der Waals surface area contributed by atoms with E-state index in [-0.39, 0.29) is 24.2 Å². The van der Waals surface area contributed by atoms with Gasteiger partial charge in [0, 0.05) is 33.3 Å². The lowest BCUT2D eigenvalue weighted by Crippen LogP contribution is -2.28. The molecule has 0 unspecified atom stereocenters. The number of nitrogens with one attached hydrogen (secondary N) is 1. The van der Waals surface area contributed by atoms with Gasteiger partial charge in [-0.15, -0.1) is 0 Å². The van der Waals surface area contributed by atoms with Gasteiger partial charge in [-0.2, -0.15) is 0 Å². The lowest BCUT2D eigenvalue weighted by Gasteiger charge is -2.16. The number of anilines is 2. The Labute approximate surface area is 146 Å². The van der Waals surface area contributed by atoms with Gasteiger partial charge in [0.05, 0.1) is 30.0 Å². The van der Waals surface area contributed by atoms with Gasteiger partial charge in [0.2, 0.25) is 11.8 Å². The zero-order valence-electron chi connectivity index (χ0n) is 14.3. The lowest BCUT2D eigenvalue weighted by atomic mass is 10.1. The van der Waals surface area contributed by atoms with E-state index in [2.05, 4.69) is 15.3 Å². The monoisotopic (exact) mass is 339 g/mol. The van der Waals surface area contributed by atoms with Crippen LogP contribution in [0.1, 0.15) is 12.1 Å². The van der Waals surface area contributed by atoms with E-state index in [0.29, 0.717) is 18.8 Å². The van der Waals surface area contributed by atoms with Crippen LogP contribution in [0, 0.1) is 5.92 Å². The number of likely N-dealkylation sites (tertiary alicyclic amines) is 1. The van der Waals surface area contributed by atoms with Gasteiger partial charge in [0.15, 0.2) is 0 Å². The molecule has 1 aliphatic rings. The van der Waals surface area contributed by atoms with Gasteiger partial charge in [-0.25, -0.2) is 4.98 Å². The minimum Gasteiger partial charge on any atom is -0.363 e. The van der Waals surface area contributed by atoms with Crippen LogP contribution in [0.2, 0.25) is 0 Å². The van der Waals surface area contributed by atoms with Crippen molar-refractivity contribution < 1.29 is 9.59 Å². The molecular formula is C18H21N5O2. The fourth-order valence-corrected chi connectivity index (χ4v) is 2.76. The molecule has 1 saturated heterocycles. The summed E-state index contributed by atoms with van der Waals surface area (Å²) >= 11 is 0. The van der Waals surface area contributed by atoms with Crippen molar-refractivity contribution in [1.29, 1.82) is 0 Å². The predicted octanol–water partition coefficient (Wildman–Crippen LogP) is 1.53. The smallest absolute Gasteiger partial charge is 0.229 e. The van der Waals surface area contributed by atoms with E-state index in [0.717, 1.165) is 11.5 Å². The van der Waals surface area contributed by atoms with E-state index >= 15 is 0 Å². The summed E-state index contributed by atoms with van der Waals surface area (Å²) in [6.07, 6.45) is 3.54. The molecule has 1 fully saturated rings. The number of pyridine rings is 2. The van der Waals surface area contributed by atoms with Gasteiger partial charge >= 0.3 is 0 Å². The molecule has 2 aromatic heterocycles. The first kappa shape index (κ1) is 16.9. The molecular weight excluding hydrogens is 318 g/mol. The Balaban J connectivity index is 1.58. The zero-order valence-corrected chi connectivity index (χ0v) is 14.3. The number of carbonyl (C=O) groups excluding carboxylic acids is 2. The topological polar surface area (TPSA) is 78.4 Å². The highest BCUT2D eigenvalue weighted by atomic mass is 16.2. The fourth-order valence-electron chi connectivity index (χ4n) is 2.76. The maximum absolute atomic E-state index is 12.4. The molecule has 0 spiro atoms. The first-order chi connectivity index (χ1) is 12.0. The van der Waals surface area contributed by atoms with E-state index in [1.165, 1.54) is 0 Å². The van der Waals surface area contributed by atoms with Gasteiger partial charge in [0.1, 0.15) is 5.82 Å². The maximum atomic E-state index is 12.4. The quantitative estimate of drug-likeness (QED) is 0.894. The fraction of sp³-hybridized carbons (Fsp3) is 0.333. The molecule has 0 bridgehead atoms. The lowest BCUT2D eigenvalue weighted by molar-refractivity contribution is -0.128. The van der Waals surface area contributed by atoms with Crippen LogP contribution >= 0.6 is 0 Å². The number of rotatable bonds is 5. The second-order valence-electron chi connectivity index (χ2n) is 6.29. The van der Waals surface area contributed by atoms with E-state index < -0.39 is 0 Å². The van der Waals surface area contributed by atoms with E-state index in [4.69, 9.17) is 0 Å². The van der Waals surface area contributed by atoms with Gasteiger partial charge in [0.25, 0.3) is 0 Å². The molecule has 130 valence electrons. The van der Waals surface area contributed by atoms with Gasteiger partial charge in [-0.05, 0) is 24.3 Å². The Morgan fingerprint density at radius 2 is 2.12 bits per heavy atom. The van der Waals surface area contributed by atoms with Crippen LogP contribution in [0.25, 0.3) is 0 Å². The van der Waals surface area contributed by atoms with Crippen LogP contribution < -0.4 is 10.2 Å². The van der Waals surface area contributed by atoms with E-state index in [1.807, 2.05) is 49.3 Å². The second-order valence-corrected chi connectivity index (χ2v) is 6.29. The molecule has 3 heterocycles. The average Bonchev–Trinajstić information content (AvgIpc) is 2.97. The summed E-state index contributed by atoms with van der Waals surface area (Å²) in [5.74, 6) is 0.281. The van der Waals surface area contributed by atoms with Crippen molar-refractivity contribution in [2.75, 3.05) is 30.9 Å². The summed E-state index contributed by atoms with van der Waals surface area (Å²) in [7, 11) is 3.81. The number of carbonyl (C=O) groups is 2. The molecule has 0 aromatic carbocycles. The van der Waals surface area contributed by atoms with Crippen molar-refractivity contribution in [2.24, 2.45) is 5.92 Å². The van der Waals surface area contributed by atoms with Crippen molar-refractivity contribution in [1.82, 2.24) is 14.9 Å². The SMILES string of the molecule is CN(C)c1ccc(NC(=O)[C@@H]2CC(=O)N(Cc3ccccn3)C2)cn1. The first-order valence-electron chi connectivity index (χ1n) is 8.15. The van der Waals surface area contributed by atoms with E-state index in [9.17, 15) is 9.59 Å². The van der Waals surface area contributed by atoms with Gasteiger partial charge in [-0.3, -0.25) is 14.6 Å². The van der Waals surface area contributed by atoms with Crippen LogP contribution in [0.5, 0.6) is 0 Å². The average molecular weight is 339 g/mol. The Bertz CT molecular complexity index is 746. The molecule has 1 N–H and O–H groups in total. The number of hydrogen-bond donors (Lipinski definition) is 1. The molecule has 0 radical (unpaired) electrons. The highest BCUT2D eigenvalue weighted by Gasteiger charge is 2.34. The second kappa shape index (κ2) is 7.29. The Hall–Kier alpha value is -2.96. The molecule has 0 saturated carbocycles. The van der Waals surface area contributed by atoms with Crippen LogP contribution in [0.3, 0.4) is 0 Å². The minimum absolute atomic E-state index is 0.0214. The van der Waals surface area contributed by atoms with Gasteiger partial charge in [-0.1, -0.05) is 6.07 Å². The zero-order chi connectivity index (χ0) is 17.8. The Morgan fingerprint density at radius 3 is 2.76 bits per heavy atom. The van der Waals surface area contributed by atoms with Crippen molar-refractivity contribution >= 4 is 23.3 Å². The number of aromatic nitrogens is 2. The van der Waals surface area contributed by atoms with Crippen molar-refractivity contribution in [2.45, 2.75) is 13.0 Å². The maximum Gasteiger partial charge on any atom is 0.229 e. The summed E-state index contributed by atoms with van der Waals surface area (Å²) in [6, 6.07) is 9.24. The van der Waals surface area contributed by atoms with Crippen LogP contribution in [0.15, 0.2) is 42.7 Å². The van der Waals surface area contributed by atoms with Crippen LogP contribution in [-0.4, -0.2) is 47.3 Å². The first-order valence-corrected chi connectivity index (χ1v) is 8.15. The van der Waals surface area contributed by atoms with Crippen molar-refractivity contribution in [3.8, 4) is 0 Å². The standard InChI is InChI=1S/C18H21N5O2/c1-22(2)16-7-6-14(10-20-16)21-18(25)13-9-17(24)23(11-13)12-15-5-3-4-8-19-15/h3-8,10,13H,9,11-12H2,1-2H3,(H,21,25)/t13-/m1/s1. The Kier molecular flexibility index (Phi) is 4.92. The van der Waals surface area contributed by atoms with Crippen molar-refractivity contribution in [3.05, 3.63) is 48.4 Å². The number of amides is 2. The third-order valence-electron chi connectivity index (χ3n) is 4.14. The minimum atomic E-state index is -0.357. The summed E-state index contributed by atoms with van der Waals surface area (Å²) in [5.41, 5.74) is 1.45. The molecule has 3 rings (SSSR count). The molecule has 0 aliphatic carbocycles. The third kappa shape index (κ3) is 4.12. The molecule has 1 atom stereocenters. The van der Waals surface area contributed by atoms with E-state index in [1.54, 1.807) is 17.3 Å². The van der Waals surface area contributed by atoms with Crippen molar-refractivity contribution in [3.63, 3.8) is 0 Å². The van der Waals surface area contributed by atoms with Gasteiger partial charge < -0.3 is 15.1 Å². The molecule has 25 heavy (non-hydrogen) atoms. The molecule has 2 amide bonds. The summed E-state index contributed by atoms with van der Waals surface area (Å²) in [5, 5.41) is 2.84. The molecule has 2 aromatic rings. The predicted molar refractivity (Wildman–Crippen MR) is 95.0 cm³/mol. The number of nitrogens with zero attached hydrogens (tertiary/aromatic N) is 4. The summed E-state index contributed by atoms with van der Waals surface area (Å²) in [6.45, 7) is 0.840. The van der Waals surface area contributed by atoms with Crippen LogP contribution in [0.4, 0.5) is 11.5 Å². The normalized spacial score (nSPS) is 16.8. The molecule has 1 aliphatic heterocycles. The Morgan fingerprint density at radius 1 is 1.28 bits per heavy atom. The van der Waals surface area contributed by atoms with Crippen LogP contribution in [-0.2, 0) is 16.1 Å². The largest absolute Gasteiger partial charge is 0.363 e. The highest BCUT2D eigenvalue weighted by molar-refractivity contribution is 5.97. The number of hydrogen-bond acceptors (Lipinski definition) is 5. The summed E-state index contributed by atoms with van der Waals surface area (Å²) in [4.78, 5) is 36.7. The summed E-state index contributed by atoms with van der Waals surface area (Å²) < 4.78 is 0. The highest BCUT2D eigenvalue weighted by Crippen LogP contribution is 2.21.